The second-order valence-corrected chi connectivity index (χ2v) is 4.59. The van der Waals surface area contributed by atoms with Gasteiger partial charge >= 0.3 is 21.7 Å². The zero-order valence-electron chi connectivity index (χ0n) is 11.4. The third-order valence-corrected chi connectivity index (χ3v) is 3.13. The topological polar surface area (TPSA) is 20.2 Å². The van der Waals surface area contributed by atoms with Crippen LogP contribution < -0.4 is 24.8 Å². The molecule has 1 aliphatic rings. The molecule has 102 valence electrons. The smallest absolute Gasteiger partial charge is 1.00 e. The fraction of sp³-hybridized carbons (Fsp3) is 0.333. The van der Waals surface area contributed by atoms with Crippen molar-refractivity contribution in [2.24, 2.45) is 0 Å². The van der Waals surface area contributed by atoms with E-state index in [4.69, 9.17) is 0 Å². The van der Waals surface area contributed by atoms with Crippen LogP contribution in [0.25, 0.3) is 5.57 Å². The standard InChI is InChI=1S/C15H18O.2ClH.Ti/c1-10-8-11(2)15(9-10)14-7-5-4-6-13(14)12(3)16;;;/h4-8,12,16H,9H2,1-3H3;2*1H;/q;;;+2/p-2. The molecule has 1 atom stereocenters. The van der Waals surface area contributed by atoms with E-state index in [2.05, 4.69) is 26.0 Å². The van der Waals surface area contributed by atoms with Crippen molar-refractivity contribution in [2.45, 2.75) is 33.3 Å². The van der Waals surface area contributed by atoms with Gasteiger partial charge in [-0.1, -0.05) is 35.9 Å². The van der Waals surface area contributed by atoms with E-state index in [0.717, 1.165) is 12.0 Å². The van der Waals surface area contributed by atoms with Gasteiger partial charge in [-0.05, 0) is 49.5 Å². The number of aliphatic hydroxyl groups excluding tert-OH is 1. The van der Waals surface area contributed by atoms with Gasteiger partial charge in [-0.2, -0.15) is 0 Å². The van der Waals surface area contributed by atoms with E-state index >= 15 is 0 Å². The van der Waals surface area contributed by atoms with Crippen LogP contribution in [0.1, 0.15) is 44.4 Å². The summed E-state index contributed by atoms with van der Waals surface area (Å²) in [6.07, 6.45) is 2.83. The Morgan fingerprint density at radius 1 is 1.11 bits per heavy atom. The molecule has 0 amide bonds. The van der Waals surface area contributed by atoms with Gasteiger partial charge in [0.2, 0.25) is 0 Å². The Morgan fingerprint density at radius 3 is 2.16 bits per heavy atom. The molecule has 2 rings (SSSR count). The summed E-state index contributed by atoms with van der Waals surface area (Å²) in [5, 5.41) is 9.78. The molecule has 0 bridgehead atoms. The molecule has 0 fully saturated rings. The summed E-state index contributed by atoms with van der Waals surface area (Å²) >= 11 is 0. The van der Waals surface area contributed by atoms with E-state index in [1.165, 1.54) is 22.3 Å². The molecule has 1 N–H and O–H groups in total. The monoisotopic (exact) mass is 332 g/mol. The molecule has 1 unspecified atom stereocenters. The zero-order chi connectivity index (χ0) is 11.7. The first-order chi connectivity index (χ1) is 7.59. The zero-order valence-corrected chi connectivity index (χ0v) is 14.4. The molecular formula is C15H18Cl2OTi. The molecule has 0 aliphatic heterocycles. The maximum Gasteiger partial charge on any atom is 2.00 e. The fourth-order valence-electron chi connectivity index (χ4n) is 2.37. The van der Waals surface area contributed by atoms with Crippen LogP contribution in [0.4, 0.5) is 0 Å². The third kappa shape index (κ3) is 4.77. The predicted molar refractivity (Wildman–Crippen MR) is 68.0 cm³/mol. The molecule has 1 aromatic carbocycles. The molecule has 19 heavy (non-hydrogen) atoms. The quantitative estimate of drug-likeness (QED) is 0.613. The van der Waals surface area contributed by atoms with Gasteiger partial charge in [0.05, 0.1) is 6.10 Å². The SMILES string of the molecule is CC1=CC(C)=C(c2ccccc2C(C)O)C1.[Cl-].[Cl-].[Ti+2]. The summed E-state index contributed by atoms with van der Waals surface area (Å²) in [5.74, 6) is 0. The average Bonchev–Trinajstić information content (AvgIpc) is 2.57. The second kappa shape index (κ2) is 8.99. The number of rotatable bonds is 2. The van der Waals surface area contributed by atoms with Gasteiger partial charge < -0.3 is 29.9 Å². The summed E-state index contributed by atoms with van der Waals surface area (Å²) in [5.41, 5.74) is 6.30. The molecule has 1 nitrogen and oxygen atoms in total. The van der Waals surface area contributed by atoms with Gasteiger partial charge in [-0.3, -0.25) is 0 Å². The Kier molecular flexibility index (Phi) is 10.1. The van der Waals surface area contributed by atoms with Crippen molar-refractivity contribution in [3.05, 3.63) is 52.6 Å². The molecule has 0 saturated carbocycles. The predicted octanol–water partition coefficient (Wildman–Crippen LogP) is -2.13. The van der Waals surface area contributed by atoms with Crippen molar-refractivity contribution in [2.75, 3.05) is 0 Å². The summed E-state index contributed by atoms with van der Waals surface area (Å²) in [4.78, 5) is 0. The number of hydrogen-bond acceptors (Lipinski definition) is 1. The largest absolute Gasteiger partial charge is 2.00 e. The van der Waals surface area contributed by atoms with Crippen molar-refractivity contribution < 1.29 is 51.6 Å². The van der Waals surface area contributed by atoms with Crippen molar-refractivity contribution >= 4 is 5.57 Å². The van der Waals surface area contributed by atoms with Crippen molar-refractivity contribution in [1.29, 1.82) is 0 Å². The molecule has 0 saturated heterocycles. The minimum absolute atomic E-state index is 0. The van der Waals surface area contributed by atoms with Gasteiger partial charge in [0.25, 0.3) is 0 Å². The number of hydrogen-bond donors (Lipinski definition) is 1. The van der Waals surface area contributed by atoms with E-state index in [9.17, 15) is 5.11 Å². The molecular weight excluding hydrogens is 315 g/mol. The molecule has 0 spiro atoms. The first-order valence-corrected chi connectivity index (χ1v) is 5.74. The van der Waals surface area contributed by atoms with Crippen molar-refractivity contribution in [1.82, 2.24) is 0 Å². The maximum absolute atomic E-state index is 9.78. The number of allylic oxidation sites excluding steroid dienone is 4. The maximum atomic E-state index is 9.78. The first kappa shape index (κ1) is 21.3. The van der Waals surface area contributed by atoms with Gasteiger partial charge in [0.15, 0.2) is 0 Å². The number of aliphatic hydroxyl groups is 1. The molecule has 1 aromatic rings. The molecule has 0 aromatic heterocycles. The minimum Gasteiger partial charge on any atom is -1.00 e. The number of halogens is 2. The van der Waals surface area contributed by atoms with Crippen LogP contribution in [0.5, 0.6) is 0 Å². The summed E-state index contributed by atoms with van der Waals surface area (Å²) in [6, 6.07) is 8.13. The summed E-state index contributed by atoms with van der Waals surface area (Å²) in [6.45, 7) is 6.12. The first-order valence-electron chi connectivity index (χ1n) is 5.74. The minimum atomic E-state index is -0.405. The van der Waals surface area contributed by atoms with Gasteiger partial charge in [-0.15, -0.1) is 0 Å². The van der Waals surface area contributed by atoms with Crippen LogP contribution in [0.3, 0.4) is 0 Å². The Morgan fingerprint density at radius 2 is 1.68 bits per heavy atom. The van der Waals surface area contributed by atoms with E-state index in [-0.39, 0.29) is 46.5 Å². The van der Waals surface area contributed by atoms with Gasteiger partial charge in [-0.25, -0.2) is 0 Å². The van der Waals surface area contributed by atoms with Crippen molar-refractivity contribution in [3.63, 3.8) is 0 Å². The third-order valence-electron chi connectivity index (χ3n) is 3.13. The molecule has 1 aliphatic carbocycles. The van der Waals surface area contributed by atoms with Crippen LogP contribution in [-0.4, -0.2) is 5.11 Å². The van der Waals surface area contributed by atoms with Crippen LogP contribution >= 0.6 is 0 Å². The van der Waals surface area contributed by atoms with Crippen LogP contribution in [0.15, 0.2) is 41.5 Å². The summed E-state index contributed by atoms with van der Waals surface area (Å²) in [7, 11) is 0. The molecule has 0 heterocycles. The summed E-state index contributed by atoms with van der Waals surface area (Å²) < 4.78 is 0. The Balaban J connectivity index is 0. The Hall–Kier alpha value is -0.0457. The van der Waals surface area contributed by atoms with E-state index in [1.807, 2.05) is 25.1 Å². The normalized spacial score (nSPS) is 14.8. The van der Waals surface area contributed by atoms with Gasteiger partial charge in [0, 0.05) is 0 Å². The fourth-order valence-corrected chi connectivity index (χ4v) is 2.37. The van der Waals surface area contributed by atoms with Gasteiger partial charge in [0.1, 0.15) is 0 Å². The van der Waals surface area contributed by atoms with E-state index in [0.29, 0.717) is 0 Å². The van der Waals surface area contributed by atoms with Crippen LogP contribution in [-0.2, 0) is 21.7 Å². The Bertz CT molecular complexity index is 479. The average molecular weight is 333 g/mol. The van der Waals surface area contributed by atoms with Crippen molar-refractivity contribution in [3.8, 4) is 0 Å². The molecule has 4 heteroatoms. The van der Waals surface area contributed by atoms with E-state index in [1.54, 1.807) is 0 Å². The van der Waals surface area contributed by atoms with Crippen LogP contribution in [0, 0.1) is 0 Å². The van der Waals surface area contributed by atoms with Crippen LogP contribution in [0.2, 0.25) is 0 Å². The Labute approximate surface area is 142 Å². The molecule has 0 radical (unpaired) electrons. The second-order valence-electron chi connectivity index (χ2n) is 4.59. The number of benzene rings is 1. The van der Waals surface area contributed by atoms with E-state index < -0.39 is 6.10 Å².